The Morgan fingerprint density at radius 3 is 2.89 bits per heavy atom. The molecule has 19 heavy (non-hydrogen) atoms. The van der Waals surface area contributed by atoms with E-state index in [1.165, 1.54) is 0 Å². The second-order valence-corrected chi connectivity index (χ2v) is 6.59. The lowest BCUT2D eigenvalue weighted by Crippen LogP contribution is -2.37. The highest BCUT2D eigenvalue weighted by molar-refractivity contribution is 9.10. The summed E-state index contributed by atoms with van der Waals surface area (Å²) in [5, 5.41) is 0. The van der Waals surface area contributed by atoms with Crippen LogP contribution in [0.25, 0.3) is 0 Å². The molecule has 2 aliphatic heterocycles. The van der Waals surface area contributed by atoms with Crippen LogP contribution in [0.15, 0.2) is 16.7 Å². The Bertz CT molecular complexity index is 500. The maximum absolute atomic E-state index is 12.5. The largest absolute Gasteiger partial charge is 0.374 e. The van der Waals surface area contributed by atoms with E-state index in [1.807, 2.05) is 29.8 Å². The van der Waals surface area contributed by atoms with Crippen LogP contribution in [-0.4, -0.2) is 34.6 Å². The summed E-state index contributed by atoms with van der Waals surface area (Å²) in [6.45, 7) is 0.648. The summed E-state index contributed by atoms with van der Waals surface area (Å²) in [6.07, 6.45) is 5.59. The van der Waals surface area contributed by atoms with Gasteiger partial charge >= 0.3 is 0 Å². The first-order chi connectivity index (χ1) is 9.04. The third-order valence-corrected chi connectivity index (χ3v) is 4.71. The van der Waals surface area contributed by atoms with Gasteiger partial charge in [0.1, 0.15) is 0 Å². The Hall–Kier alpha value is -0.810. The van der Waals surface area contributed by atoms with Crippen LogP contribution in [0.3, 0.4) is 0 Å². The van der Waals surface area contributed by atoms with E-state index in [0.717, 1.165) is 29.4 Å². The molecule has 2 fully saturated rings. The zero-order valence-electron chi connectivity index (χ0n) is 11.3. The average molecular weight is 327 g/mol. The molecule has 104 valence electrons. The van der Waals surface area contributed by atoms with Gasteiger partial charge in [0, 0.05) is 30.5 Å². The van der Waals surface area contributed by atoms with E-state index in [1.54, 1.807) is 0 Å². The number of carbonyl (C=O) groups excluding carboxylic acids is 1. The number of hydrogen-bond acceptors (Lipinski definition) is 2. The predicted molar refractivity (Wildman–Crippen MR) is 75.6 cm³/mol. The van der Waals surface area contributed by atoms with Crippen LogP contribution < -0.4 is 0 Å². The van der Waals surface area contributed by atoms with Crippen molar-refractivity contribution in [3.63, 3.8) is 0 Å². The van der Waals surface area contributed by atoms with E-state index in [-0.39, 0.29) is 17.9 Å². The van der Waals surface area contributed by atoms with Crippen LogP contribution in [0.4, 0.5) is 0 Å². The van der Waals surface area contributed by atoms with Gasteiger partial charge < -0.3 is 14.2 Å². The molecular weight excluding hydrogens is 308 g/mol. The number of amides is 1. The molecular formula is C14H19BrN2O2. The van der Waals surface area contributed by atoms with Crippen molar-refractivity contribution in [1.29, 1.82) is 0 Å². The Morgan fingerprint density at radius 2 is 2.37 bits per heavy atom. The van der Waals surface area contributed by atoms with Crippen LogP contribution >= 0.6 is 15.9 Å². The Kier molecular flexibility index (Phi) is 3.43. The van der Waals surface area contributed by atoms with Crippen molar-refractivity contribution in [2.45, 2.75) is 38.0 Å². The zero-order chi connectivity index (χ0) is 13.6. The standard InChI is InChI=1S/C14H19BrN2O2/c1-16-7-9(15)5-10(16)8-17(2)14(18)12-6-11-3-4-13(12)19-11/h5,7,11-13H,3-4,6,8H2,1-2H3. The second-order valence-electron chi connectivity index (χ2n) is 5.67. The minimum atomic E-state index is 0.0764. The van der Waals surface area contributed by atoms with Crippen LogP contribution in [0.5, 0.6) is 0 Å². The van der Waals surface area contributed by atoms with Gasteiger partial charge in [-0.3, -0.25) is 4.79 Å². The molecule has 0 saturated carbocycles. The number of nitrogens with zero attached hydrogens (tertiary/aromatic N) is 2. The summed E-state index contributed by atoms with van der Waals surface area (Å²) in [5.74, 6) is 0.303. The fourth-order valence-electron chi connectivity index (χ4n) is 3.23. The van der Waals surface area contributed by atoms with Gasteiger partial charge in [-0.15, -0.1) is 0 Å². The number of fused-ring (bicyclic) bond motifs is 2. The van der Waals surface area contributed by atoms with Crippen molar-refractivity contribution >= 4 is 21.8 Å². The van der Waals surface area contributed by atoms with Crippen LogP contribution in [0, 0.1) is 5.92 Å². The van der Waals surface area contributed by atoms with Gasteiger partial charge in [-0.1, -0.05) is 0 Å². The monoisotopic (exact) mass is 326 g/mol. The van der Waals surface area contributed by atoms with E-state index in [2.05, 4.69) is 22.0 Å². The summed E-state index contributed by atoms with van der Waals surface area (Å²) in [5.41, 5.74) is 1.13. The topological polar surface area (TPSA) is 34.5 Å². The molecule has 1 aromatic rings. The maximum Gasteiger partial charge on any atom is 0.228 e. The maximum atomic E-state index is 12.5. The fourth-order valence-corrected chi connectivity index (χ4v) is 3.80. The summed E-state index contributed by atoms with van der Waals surface area (Å²) in [7, 11) is 3.88. The minimum absolute atomic E-state index is 0.0764. The predicted octanol–water partition coefficient (Wildman–Crippen LogP) is 2.31. The number of halogens is 1. The first kappa shape index (κ1) is 13.2. The number of carbonyl (C=O) groups is 1. The zero-order valence-corrected chi connectivity index (χ0v) is 12.9. The number of rotatable bonds is 3. The SMILES string of the molecule is CN(Cc1cc(Br)cn1C)C(=O)C1CC2CCC1O2. The van der Waals surface area contributed by atoms with E-state index in [9.17, 15) is 4.79 Å². The van der Waals surface area contributed by atoms with Crippen LogP contribution in [0.1, 0.15) is 25.0 Å². The molecule has 1 amide bonds. The molecule has 3 atom stereocenters. The van der Waals surface area contributed by atoms with Crippen LogP contribution in [0.2, 0.25) is 0 Å². The van der Waals surface area contributed by atoms with Crippen molar-refractivity contribution in [1.82, 2.24) is 9.47 Å². The first-order valence-electron chi connectivity index (χ1n) is 6.76. The number of aryl methyl sites for hydroxylation is 1. The van der Waals surface area contributed by atoms with Crippen molar-refractivity contribution < 1.29 is 9.53 Å². The Morgan fingerprint density at radius 1 is 1.58 bits per heavy atom. The molecule has 3 unspecified atom stereocenters. The van der Waals surface area contributed by atoms with Gasteiger partial charge in [-0.2, -0.15) is 0 Å². The summed E-state index contributed by atoms with van der Waals surface area (Å²) >= 11 is 3.46. The highest BCUT2D eigenvalue weighted by Crippen LogP contribution is 2.39. The van der Waals surface area contributed by atoms with Gasteiger partial charge in [-0.05, 0) is 41.3 Å². The molecule has 0 aliphatic carbocycles. The summed E-state index contributed by atoms with van der Waals surface area (Å²) in [6, 6.07) is 2.06. The molecule has 2 bridgehead atoms. The molecule has 2 aliphatic rings. The van der Waals surface area contributed by atoms with E-state index in [4.69, 9.17) is 4.74 Å². The molecule has 5 heteroatoms. The molecule has 0 radical (unpaired) electrons. The lowest BCUT2D eigenvalue weighted by molar-refractivity contribution is -0.136. The lowest BCUT2D eigenvalue weighted by Gasteiger charge is -2.25. The van der Waals surface area contributed by atoms with Crippen molar-refractivity contribution in [2.24, 2.45) is 13.0 Å². The molecule has 0 N–H and O–H groups in total. The molecule has 2 saturated heterocycles. The Labute approximate surface area is 121 Å². The smallest absolute Gasteiger partial charge is 0.228 e. The summed E-state index contributed by atoms with van der Waals surface area (Å²) < 4.78 is 8.87. The third kappa shape index (κ3) is 2.46. The normalized spacial score (nSPS) is 28.9. The van der Waals surface area contributed by atoms with Crippen molar-refractivity contribution in [3.05, 3.63) is 22.4 Å². The molecule has 1 aromatic heterocycles. The van der Waals surface area contributed by atoms with Crippen molar-refractivity contribution in [2.75, 3.05) is 7.05 Å². The molecule has 3 heterocycles. The third-order valence-electron chi connectivity index (χ3n) is 4.27. The molecule has 3 rings (SSSR count). The van der Waals surface area contributed by atoms with Crippen molar-refractivity contribution in [3.8, 4) is 0 Å². The molecule has 0 spiro atoms. The molecule has 4 nitrogen and oxygen atoms in total. The number of aromatic nitrogens is 1. The van der Waals surface area contributed by atoms with E-state index >= 15 is 0 Å². The highest BCUT2D eigenvalue weighted by atomic mass is 79.9. The fraction of sp³-hybridized carbons (Fsp3) is 0.643. The first-order valence-corrected chi connectivity index (χ1v) is 7.55. The van der Waals surface area contributed by atoms with Gasteiger partial charge in [0.05, 0.1) is 24.7 Å². The van der Waals surface area contributed by atoms with E-state index < -0.39 is 0 Å². The quantitative estimate of drug-likeness (QED) is 0.854. The van der Waals surface area contributed by atoms with Gasteiger partial charge in [0.25, 0.3) is 0 Å². The average Bonchev–Trinajstić information content (AvgIpc) is 3.04. The highest BCUT2D eigenvalue weighted by Gasteiger charge is 2.45. The Balaban J connectivity index is 1.65. The van der Waals surface area contributed by atoms with E-state index in [0.29, 0.717) is 12.6 Å². The number of ether oxygens (including phenoxy) is 1. The van der Waals surface area contributed by atoms with Gasteiger partial charge in [0.15, 0.2) is 0 Å². The number of hydrogen-bond donors (Lipinski definition) is 0. The van der Waals surface area contributed by atoms with Gasteiger partial charge in [-0.25, -0.2) is 0 Å². The second kappa shape index (κ2) is 4.94. The van der Waals surface area contributed by atoms with Gasteiger partial charge in [0.2, 0.25) is 5.91 Å². The minimum Gasteiger partial charge on any atom is -0.374 e. The summed E-state index contributed by atoms with van der Waals surface area (Å²) in [4.78, 5) is 14.3. The van der Waals surface area contributed by atoms with Crippen LogP contribution in [-0.2, 0) is 23.1 Å². The molecule has 0 aromatic carbocycles. The lowest BCUT2D eigenvalue weighted by atomic mass is 9.88.